The zero-order valence-electron chi connectivity index (χ0n) is 7.00. The first-order valence-electron chi connectivity index (χ1n) is 3.69. The maximum absolute atomic E-state index is 12.5. The largest absolute Gasteiger partial charge is 0.478 e. The molecule has 0 aliphatic heterocycles. The number of hydrogen-bond acceptors (Lipinski definition) is 3. The summed E-state index contributed by atoms with van der Waals surface area (Å²) in [6, 6.07) is 3.73. The fourth-order valence-corrected chi connectivity index (χ4v) is 1.11. The third kappa shape index (κ3) is 1.80. The number of hydrogen-bond donors (Lipinski definition) is 3. The molecule has 76 valence electrons. The van der Waals surface area contributed by atoms with Crippen LogP contribution in [0.5, 0.6) is 0 Å². The van der Waals surface area contributed by atoms with Crippen LogP contribution >= 0.6 is 0 Å². The van der Waals surface area contributed by atoms with E-state index in [1.807, 2.05) is 5.43 Å². The fourth-order valence-electron chi connectivity index (χ4n) is 1.11. The van der Waals surface area contributed by atoms with Gasteiger partial charge in [-0.1, -0.05) is 6.07 Å². The van der Waals surface area contributed by atoms with Gasteiger partial charge in [0.1, 0.15) is 0 Å². The standard InChI is InChI=1S/C8H8F2N2O2/c9-7(10)6-4(8(13)14)2-1-3-5(6)12-11/h1-3,7,12H,11H2,(H,13,14). The van der Waals surface area contributed by atoms with E-state index in [0.717, 1.165) is 6.07 Å². The molecule has 0 saturated carbocycles. The number of hydrazine groups is 1. The Hall–Kier alpha value is -1.69. The van der Waals surface area contributed by atoms with Crippen molar-refractivity contribution in [3.8, 4) is 0 Å². The summed E-state index contributed by atoms with van der Waals surface area (Å²) >= 11 is 0. The molecule has 0 amide bonds. The third-order valence-corrected chi connectivity index (χ3v) is 1.71. The molecule has 0 atom stereocenters. The third-order valence-electron chi connectivity index (χ3n) is 1.71. The van der Waals surface area contributed by atoms with Gasteiger partial charge >= 0.3 is 5.97 Å². The van der Waals surface area contributed by atoms with E-state index in [1.165, 1.54) is 12.1 Å². The molecule has 0 spiro atoms. The van der Waals surface area contributed by atoms with Crippen molar-refractivity contribution in [3.63, 3.8) is 0 Å². The number of benzene rings is 1. The molecule has 0 aliphatic rings. The molecule has 4 nitrogen and oxygen atoms in total. The Kier molecular flexibility index (Phi) is 2.98. The van der Waals surface area contributed by atoms with Crippen LogP contribution in [0.1, 0.15) is 22.3 Å². The van der Waals surface area contributed by atoms with E-state index in [2.05, 4.69) is 0 Å². The molecule has 1 aromatic rings. The van der Waals surface area contributed by atoms with Gasteiger partial charge in [-0.05, 0) is 12.1 Å². The number of carbonyl (C=O) groups is 1. The Balaban J connectivity index is 3.35. The van der Waals surface area contributed by atoms with E-state index in [0.29, 0.717) is 0 Å². The Morgan fingerprint density at radius 1 is 1.50 bits per heavy atom. The molecular weight excluding hydrogens is 194 g/mol. The number of anilines is 1. The second kappa shape index (κ2) is 4.01. The Labute approximate surface area is 78.3 Å². The smallest absolute Gasteiger partial charge is 0.336 e. The summed E-state index contributed by atoms with van der Waals surface area (Å²) in [6.07, 6.45) is -2.88. The first-order chi connectivity index (χ1) is 6.57. The Morgan fingerprint density at radius 2 is 2.14 bits per heavy atom. The SMILES string of the molecule is NNc1cccc(C(=O)O)c1C(F)F. The molecule has 6 heteroatoms. The molecular formula is C8H8F2N2O2. The summed E-state index contributed by atoms with van der Waals surface area (Å²) in [4.78, 5) is 10.6. The normalized spacial score (nSPS) is 10.3. The van der Waals surface area contributed by atoms with Crippen LogP contribution in [0.4, 0.5) is 14.5 Å². The Bertz CT molecular complexity index is 355. The van der Waals surface area contributed by atoms with Crippen molar-refractivity contribution >= 4 is 11.7 Å². The van der Waals surface area contributed by atoms with Crippen LogP contribution in [0, 0.1) is 0 Å². The number of nitrogens with two attached hydrogens (primary N) is 1. The predicted octanol–water partition coefficient (Wildman–Crippen LogP) is 1.61. The van der Waals surface area contributed by atoms with Crippen LogP contribution in [0.25, 0.3) is 0 Å². The van der Waals surface area contributed by atoms with E-state index >= 15 is 0 Å². The first-order valence-corrected chi connectivity index (χ1v) is 3.69. The van der Waals surface area contributed by atoms with Gasteiger partial charge in [0.25, 0.3) is 6.43 Å². The highest BCUT2D eigenvalue weighted by Crippen LogP contribution is 2.29. The van der Waals surface area contributed by atoms with Gasteiger partial charge in [-0.2, -0.15) is 0 Å². The van der Waals surface area contributed by atoms with Gasteiger partial charge < -0.3 is 10.5 Å². The molecule has 4 N–H and O–H groups in total. The predicted molar refractivity (Wildman–Crippen MR) is 46.2 cm³/mol. The van der Waals surface area contributed by atoms with Gasteiger partial charge in [-0.25, -0.2) is 13.6 Å². The molecule has 1 rings (SSSR count). The van der Waals surface area contributed by atoms with Crippen LogP contribution < -0.4 is 11.3 Å². The molecule has 14 heavy (non-hydrogen) atoms. The molecule has 0 radical (unpaired) electrons. The maximum Gasteiger partial charge on any atom is 0.336 e. The minimum atomic E-state index is -2.88. The van der Waals surface area contributed by atoms with Gasteiger partial charge in [0, 0.05) is 0 Å². The van der Waals surface area contributed by atoms with Crippen LogP contribution in [0.15, 0.2) is 18.2 Å². The second-order valence-corrected chi connectivity index (χ2v) is 2.52. The zero-order valence-corrected chi connectivity index (χ0v) is 7.00. The molecule has 0 aromatic heterocycles. The van der Waals surface area contributed by atoms with Crippen molar-refractivity contribution in [2.75, 3.05) is 5.43 Å². The van der Waals surface area contributed by atoms with Crippen molar-refractivity contribution in [1.29, 1.82) is 0 Å². The highest BCUT2D eigenvalue weighted by molar-refractivity contribution is 5.91. The summed E-state index contributed by atoms with van der Waals surface area (Å²) in [5, 5.41) is 8.63. The van der Waals surface area contributed by atoms with Crippen LogP contribution in [-0.2, 0) is 0 Å². The molecule has 0 fully saturated rings. The number of halogens is 2. The van der Waals surface area contributed by atoms with Gasteiger partial charge in [0.05, 0.1) is 16.8 Å². The molecule has 0 unspecified atom stereocenters. The summed E-state index contributed by atoms with van der Waals surface area (Å²) in [5.74, 6) is 3.58. The van der Waals surface area contributed by atoms with Crippen LogP contribution in [0.2, 0.25) is 0 Å². The van der Waals surface area contributed by atoms with E-state index in [1.54, 1.807) is 0 Å². The summed E-state index contributed by atoms with van der Waals surface area (Å²) < 4.78 is 25.0. The van der Waals surface area contributed by atoms with E-state index < -0.39 is 23.5 Å². The molecule has 1 aromatic carbocycles. The number of carboxylic acids is 1. The first kappa shape index (κ1) is 10.4. The average molecular weight is 202 g/mol. The fraction of sp³-hybridized carbons (Fsp3) is 0.125. The second-order valence-electron chi connectivity index (χ2n) is 2.52. The summed E-state index contributed by atoms with van der Waals surface area (Å²) in [7, 11) is 0. The lowest BCUT2D eigenvalue weighted by Crippen LogP contribution is -2.12. The average Bonchev–Trinajstić information content (AvgIpc) is 2.16. The highest BCUT2D eigenvalue weighted by atomic mass is 19.3. The lowest BCUT2D eigenvalue weighted by atomic mass is 10.1. The Morgan fingerprint density at radius 3 is 2.57 bits per heavy atom. The lowest BCUT2D eigenvalue weighted by molar-refractivity contribution is 0.0685. The number of nitrogens with one attached hydrogen (secondary N) is 1. The topological polar surface area (TPSA) is 75.3 Å². The molecule has 0 aliphatic carbocycles. The minimum absolute atomic E-state index is 0.0834. The van der Waals surface area contributed by atoms with Crippen molar-refractivity contribution in [1.82, 2.24) is 0 Å². The number of nitrogen functional groups attached to an aromatic ring is 1. The van der Waals surface area contributed by atoms with Crippen LogP contribution in [0.3, 0.4) is 0 Å². The quantitative estimate of drug-likeness (QED) is 0.514. The van der Waals surface area contributed by atoms with Gasteiger partial charge in [-0.3, -0.25) is 5.84 Å². The van der Waals surface area contributed by atoms with Crippen molar-refractivity contribution in [3.05, 3.63) is 29.3 Å². The van der Waals surface area contributed by atoms with Crippen molar-refractivity contribution in [2.45, 2.75) is 6.43 Å². The lowest BCUT2D eigenvalue weighted by Gasteiger charge is -2.10. The molecule has 0 saturated heterocycles. The zero-order chi connectivity index (χ0) is 10.7. The van der Waals surface area contributed by atoms with Gasteiger partial charge in [0.15, 0.2) is 0 Å². The van der Waals surface area contributed by atoms with Crippen LogP contribution in [-0.4, -0.2) is 11.1 Å². The highest BCUT2D eigenvalue weighted by Gasteiger charge is 2.21. The number of aromatic carboxylic acids is 1. The minimum Gasteiger partial charge on any atom is -0.478 e. The van der Waals surface area contributed by atoms with Gasteiger partial charge in [0.2, 0.25) is 0 Å². The van der Waals surface area contributed by atoms with E-state index in [9.17, 15) is 13.6 Å². The summed E-state index contributed by atoms with van der Waals surface area (Å²) in [5.41, 5.74) is 0.902. The molecule has 0 bridgehead atoms. The maximum atomic E-state index is 12.5. The summed E-state index contributed by atoms with van der Waals surface area (Å²) in [6.45, 7) is 0. The monoisotopic (exact) mass is 202 g/mol. The van der Waals surface area contributed by atoms with Crippen molar-refractivity contribution < 1.29 is 18.7 Å². The van der Waals surface area contributed by atoms with Crippen molar-refractivity contribution in [2.24, 2.45) is 5.84 Å². The number of alkyl halides is 2. The molecule has 0 heterocycles. The number of rotatable bonds is 3. The van der Waals surface area contributed by atoms with E-state index in [4.69, 9.17) is 10.9 Å². The van der Waals surface area contributed by atoms with E-state index in [-0.39, 0.29) is 5.69 Å². The van der Waals surface area contributed by atoms with Gasteiger partial charge in [-0.15, -0.1) is 0 Å². The number of carboxylic acid groups (broad SMARTS) is 1.